The molecule has 2 heteroatoms. The Morgan fingerprint density at radius 3 is 2.42 bits per heavy atom. The zero-order chi connectivity index (χ0) is 8.77. The summed E-state index contributed by atoms with van der Waals surface area (Å²) in [5.74, 6) is -1.66. The zero-order valence-corrected chi connectivity index (χ0v) is 7.52. The molecule has 0 saturated heterocycles. The summed E-state index contributed by atoms with van der Waals surface area (Å²) < 4.78 is 26.6. The predicted octanol–water partition coefficient (Wildman–Crippen LogP) is 3.47. The van der Waals surface area contributed by atoms with Crippen LogP contribution in [0.25, 0.3) is 0 Å². The van der Waals surface area contributed by atoms with Gasteiger partial charge in [0.25, 0.3) is 5.92 Å². The molecule has 3 unspecified atom stereocenters. The molecule has 2 aliphatic rings. The van der Waals surface area contributed by atoms with E-state index in [-0.39, 0.29) is 12.3 Å². The molecule has 0 aliphatic heterocycles. The lowest BCUT2D eigenvalue weighted by molar-refractivity contribution is -0.0805. The number of alkyl halides is 2. The summed E-state index contributed by atoms with van der Waals surface area (Å²) in [5, 5.41) is 0. The smallest absolute Gasteiger partial charge is 0.207 e. The van der Waals surface area contributed by atoms with Crippen molar-refractivity contribution >= 4 is 0 Å². The molecule has 0 heterocycles. The molecular weight excluding hydrogens is 158 g/mol. The van der Waals surface area contributed by atoms with Crippen LogP contribution in [0.2, 0.25) is 0 Å². The third-order valence-electron chi connectivity index (χ3n) is 3.75. The van der Waals surface area contributed by atoms with Crippen molar-refractivity contribution in [1.29, 1.82) is 0 Å². The van der Waals surface area contributed by atoms with Gasteiger partial charge in [0.2, 0.25) is 0 Å². The van der Waals surface area contributed by atoms with Crippen LogP contribution in [0.3, 0.4) is 0 Å². The molecule has 0 aromatic rings. The lowest BCUT2D eigenvalue weighted by Crippen LogP contribution is -2.31. The van der Waals surface area contributed by atoms with Crippen LogP contribution in [-0.2, 0) is 0 Å². The molecular formula is C10H16F2. The molecule has 0 spiro atoms. The molecule has 0 nitrogen and oxygen atoms in total. The Labute approximate surface area is 72.3 Å². The first-order chi connectivity index (χ1) is 5.63. The number of hydrogen-bond acceptors (Lipinski definition) is 0. The first kappa shape index (κ1) is 8.46. The van der Waals surface area contributed by atoms with E-state index in [4.69, 9.17) is 0 Å². The van der Waals surface area contributed by atoms with Crippen LogP contribution in [0.15, 0.2) is 0 Å². The van der Waals surface area contributed by atoms with Gasteiger partial charge >= 0.3 is 0 Å². The number of halogens is 2. The highest BCUT2D eigenvalue weighted by Crippen LogP contribution is 2.54. The second kappa shape index (κ2) is 2.68. The van der Waals surface area contributed by atoms with E-state index >= 15 is 0 Å². The van der Waals surface area contributed by atoms with E-state index in [0.29, 0.717) is 11.8 Å². The number of rotatable bonds is 2. The van der Waals surface area contributed by atoms with E-state index in [1.807, 2.05) is 0 Å². The topological polar surface area (TPSA) is 0 Å². The minimum Gasteiger partial charge on any atom is -0.207 e. The van der Waals surface area contributed by atoms with Crippen LogP contribution >= 0.6 is 0 Å². The average molecular weight is 174 g/mol. The van der Waals surface area contributed by atoms with Gasteiger partial charge in [-0.05, 0) is 31.1 Å². The van der Waals surface area contributed by atoms with Crippen molar-refractivity contribution in [2.75, 3.05) is 0 Å². The molecule has 2 aliphatic carbocycles. The Morgan fingerprint density at radius 2 is 2.00 bits per heavy atom. The molecule has 2 bridgehead atoms. The number of fused-ring (bicyclic) bond motifs is 2. The maximum absolute atomic E-state index is 13.3. The van der Waals surface area contributed by atoms with Gasteiger partial charge in [-0.25, -0.2) is 8.78 Å². The van der Waals surface area contributed by atoms with Crippen LogP contribution in [0, 0.1) is 17.8 Å². The first-order valence-corrected chi connectivity index (χ1v) is 5.01. The molecule has 70 valence electrons. The SMILES string of the molecule is CCC(F)(F)C1CC2CCC1C2. The molecule has 2 fully saturated rings. The van der Waals surface area contributed by atoms with Crippen LogP contribution in [0.5, 0.6) is 0 Å². The predicted molar refractivity (Wildman–Crippen MR) is 44.2 cm³/mol. The summed E-state index contributed by atoms with van der Waals surface area (Å²) in [5.41, 5.74) is 0. The highest BCUT2D eigenvalue weighted by atomic mass is 19.3. The zero-order valence-electron chi connectivity index (χ0n) is 7.52. The largest absolute Gasteiger partial charge is 0.250 e. The quantitative estimate of drug-likeness (QED) is 0.601. The summed E-state index contributed by atoms with van der Waals surface area (Å²) in [6.07, 6.45) is 4.18. The molecule has 0 aromatic heterocycles. The van der Waals surface area contributed by atoms with Gasteiger partial charge in [0.15, 0.2) is 0 Å². The fourth-order valence-corrected chi connectivity index (χ4v) is 3.02. The highest BCUT2D eigenvalue weighted by Gasteiger charge is 2.50. The van der Waals surface area contributed by atoms with E-state index in [2.05, 4.69) is 0 Å². The van der Waals surface area contributed by atoms with Crippen molar-refractivity contribution < 1.29 is 8.78 Å². The minimum absolute atomic E-state index is 0.0287. The average Bonchev–Trinajstić information content (AvgIpc) is 2.64. The molecule has 0 amide bonds. The highest BCUT2D eigenvalue weighted by molar-refractivity contribution is 4.95. The van der Waals surface area contributed by atoms with Crippen LogP contribution in [-0.4, -0.2) is 5.92 Å². The van der Waals surface area contributed by atoms with Gasteiger partial charge in [-0.1, -0.05) is 13.3 Å². The minimum atomic E-state index is -2.38. The number of hydrogen-bond donors (Lipinski definition) is 0. The standard InChI is InChI=1S/C10H16F2/c1-2-10(11,12)9-6-7-3-4-8(9)5-7/h7-9H,2-6H2,1H3. The summed E-state index contributed by atoms with van der Waals surface area (Å²) in [6.45, 7) is 1.60. The Hall–Kier alpha value is -0.140. The Morgan fingerprint density at radius 1 is 1.25 bits per heavy atom. The third-order valence-corrected chi connectivity index (χ3v) is 3.75. The third kappa shape index (κ3) is 1.16. The molecule has 3 atom stereocenters. The summed E-state index contributed by atoms with van der Waals surface area (Å²) >= 11 is 0. The van der Waals surface area contributed by atoms with Crippen molar-refractivity contribution in [2.45, 2.75) is 45.0 Å². The molecule has 12 heavy (non-hydrogen) atoms. The van der Waals surface area contributed by atoms with Gasteiger partial charge < -0.3 is 0 Å². The fourth-order valence-electron chi connectivity index (χ4n) is 3.02. The molecule has 2 saturated carbocycles. The summed E-state index contributed by atoms with van der Waals surface area (Å²) in [7, 11) is 0. The Bertz CT molecular complexity index is 177. The van der Waals surface area contributed by atoms with Crippen molar-refractivity contribution in [3.8, 4) is 0 Å². The van der Waals surface area contributed by atoms with Gasteiger partial charge in [0.1, 0.15) is 0 Å². The molecule has 0 radical (unpaired) electrons. The van der Waals surface area contributed by atoms with Crippen molar-refractivity contribution in [2.24, 2.45) is 17.8 Å². The van der Waals surface area contributed by atoms with E-state index in [1.165, 1.54) is 6.42 Å². The summed E-state index contributed by atoms with van der Waals surface area (Å²) in [4.78, 5) is 0. The molecule has 0 N–H and O–H groups in total. The molecule has 0 aromatic carbocycles. The maximum atomic E-state index is 13.3. The van der Waals surface area contributed by atoms with Gasteiger partial charge in [-0.3, -0.25) is 0 Å². The fraction of sp³-hybridized carbons (Fsp3) is 1.00. The second-order valence-corrected chi connectivity index (χ2v) is 4.40. The van der Waals surface area contributed by atoms with Crippen molar-refractivity contribution in [3.05, 3.63) is 0 Å². The van der Waals surface area contributed by atoms with Gasteiger partial charge in [0.05, 0.1) is 0 Å². The van der Waals surface area contributed by atoms with E-state index in [1.54, 1.807) is 6.92 Å². The van der Waals surface area contributed by atoms with E-state index < -0.39 is 5.92 Å². The van der Waals surface area contributed by atoms with Crippen LogP contribution < -0.4 is 0 Å². The monoisotopic (exact) mass is 174 g/mol. The normalized spacial score (nSPS) is 40.8. The van der Waals surface area contributed by atoms with Gasteiger partial charge in [-0.15, -0.1) is 0 Å². The van der Waals surface area contributed by atoms with Crippen LogP contribution in [0.4, 0.5) is 8.78 Å². The van der Waals surface area contributed by atoms with E-state index in [9.17, 15) is 8.78 Å². The Balaban J connectivity index is 2.06. The first-order valence-electron chi connectivity index (χ1n) is 5.01. The maximum Gasteiger partial charge on any atom is 0.250 e. The molecule has 2 rings (SSSR count). The summed E-state index contributed by atoms with van der Waals surface area (Å²) in [6, 6.07) is 0. The lowest BCUT2D eigenvalue weighted by Gasteiger charge is -2.29. The second-order valence-electron chi connectivity index (χ2n) is 4.40. The lowest BCUT2D eigenvalue weighted by atomic mass is 9.83. The van der Waals surface area contributed by atoms with Gasteiger partial charge in [-0.2, -0.15) is 0 Å². The van der Waals surface area contributed by atoms with Crippen molar-refractivity contribution in [1.82, 2.24) is 0 Å². The van der Waals surface area contributed by atoms with E-state index in [0.717, 1.165) is 19.3 Å². The van der Waals surface area contributed by atoms with Crippen molar-refractivity contribution in [3.63, 3.8) is 0 Å². The Kier molecular flexibility index (Phi) is 1.89. The van der Waals surface area contributed by atoms with Gasteiger partial charge in [0, 0.05) is 12.3 Å². The van der Waals surface area contributed by atoms with Crippen LogP contribution in [0.1, 0.15) is 39.0 Å².